The zero-order valence-corrected chi connectivity index (χ0v) is 44.0. The molecule has 8 heteroatoms. The van der Waals surface area contributed by atoms with E-state index < -0.39 is 5.79 Å². The van der Waals surface area contributed by atoms with E-state index in [0.717, 1.165) is 95.2 Å². The van der Waals surface area contributed by atoms with Crippen LogP contribution in [0.15, 0.2) is 218 Å². The number of nitrogens with one attached hydrogen (secondary N) is 2. The highest BCUT2D eigenvalue weighted by molar-refractivity contribution is 6.27. The molecule has 8 aromatic carbocycles. The summed E-state index contributed by atoms with van der Waals surface area (Å²) < 4.78 is 10.6. The number of nitrogens with zero attached hydrogens (tertiary/aromatic N) is 6. The molecule has 0 amide bonds. The Balaban J connectivity index is 0.000000119. The van der Waals surface area contributed by atoms with E-state index in [9.17, 15) is 0 Å². The normalized spacial score (nSPS) is 15.4. The topological polar surface area (TPSA) is 73.2 Å². The van der Waals surface area contributed by atoms with Crippen LogP contribution in [-0.4, -0.2) is 49.6 Å². The van der Waals surface area contributed by atoms with Crippen LogP contribution in [0.3, 0.4) is 0 Å². The number of aromatic amines is 2. The third-order valence-electron chi connectivity index (χ3n) is 18.6. The third-order valence-corrected chi connectivity index (χ3v) is 18.6. The van der Waals surface area contributed by atoms with Crippen molar-refractivity contribution >= 4 is 112 Å². The first kappa shape index (κ1) is 43.0. The van der Waals surface area contributed by atoms with Crippen molar-refractivity contribution < 1.29 is 9.15 Å². The molecule has 8 nitrogen and oxygen atoms in total. The van der Waals surface area contributed by atoms with E-state index in [2.05, 4.69) is 271 Å². The Morgan fingerprint density at radius 2 is 0.634 bits per heavy atom. The Hall–Kier alpha value is -11.0. The maximum atomic E-state index is 5.17. The van der Waals surface area contributed by atoms with E-state index in [4.69, 9.17) is 9.97 Å². The lowest BCUT2D eigenvalue weighted by Gasteiger charge is -2.34. The summed E-state index contributed by atoms with van der Waals surface area (Å²) in [6.07, 6.45) is 9.84. The highest BCUT2D eigenvalue weighted by atomic mass is 15.5. The largest absolute Gasteiger partial charge is 0.472 e. The van der Waals surface area contributed by atoms with Crippen LogP contribution in [0.4, 0.5) is 0 Å². The Morgan fingerprint density at radius 3 is 1.00 bits per heavy atom. The van der Waals surface area contributed by atoms with Gasteiger partial charge in [-0.2, -0.15) is 0 Å². The number of H-pyrrole nitrogens is 2. The molecule has 13 heterocycles. The van der Waals surface area contributed by atoms with Crippen LogP contribution in [0.2, 0.25) is 0 Å². The van der Waals surface area contributed by atoms with Crippen molar-refractivity contribution in [3.05, 3.63) is 263 Å². The van der Waals surface area contributed by atoms with E-state index in [0.29, 0.717) is 0 Å². The van der Waals surface area contributed by atoms with Crippen LogP contribution >= 0.6 is 0 Å². The molecule has 10 bridgehead atoms. The summed E-state index contributed by atoms with van der Waals surface area (Å²) in [6.45, 7) is 0.796. The van der Waals surface area contributed by atoms with Gasteiger partial charge in [0.25, 0.3) is 0 Å². The SMILES string of the molecule is C1=C2c3ccccc3C3=[N+]2C24Cn5c(c6ccccc6c5=CC5=[N+]2C(=Cc2c6ccccc6c1n24)c1ccccc15)=C3.c1ccc2c(c1)-c1cc3[nH]c(cc4nc(cc5[nH]c(cc-2n1)c1ccccc51)-c1ccccc1-4)c1ccccc31. The second-order valence-electron chi connectivity index (χ2n) is 22.6. The summed E-state index contributed by atoms with van der Waals surface area (Å²) >= 11 is 0. The van der Waals surface area contributed by atoms with Gasteiger partial charge in [-0.05, 0) is 48.5 Å². The predicted octanol–water partition coefficient (Wildman–Crippen LogP) is 14.4. The molecule has 13 aromatic rings. The molecule has 0 unspecified atom stereocenters. The van der Waals surface area contributed by atoms with E-state index in [1.54, 1.807) is 0 Å². The average molecular weight is 1050 g/mol. The van der Waals surface area contributed by atoms with Gasteiger partial charge in [0, 0.05) is 112 Å². The van der Waals surface area contributed by atoms with Gasteiger partial charge in [-0.15, -0.1) is 9.15 Å². The lowest BCUT2D eigenvalue weighted by atomic mass is 10.0. The molecule has 1 spiro atoms. The minimum atomic E-state index is -0.543. The number of rotatable bonds is 0. The molecule has 8 aliphatic heterocycles. The van der Waals surface area contributed by atoms with E-state index in [-0.39, 0.29) is 0 Å². The van der Waals surface area contributed by atoms with E-state index in [1.807, 2.05) is 0 Å². The van der Waals surface area contributed by atoms with Crippen LogP contribution in [0, 0.1) is 0 Å². The Morgan fingerprint density at radius 1 is 0.329 bits per heavy atom. The molecule has 0 fully saturated rings. The maximum Gasteiger partial charge on any atom is 0.472 e. The van der Waals surface area contributed by atoms with Gasteiger partial charge in [0.15, 0.2) is 6.54 Å². The predicted molar refractivity (Wildman–Crippen MR) is 332 cm³/mol. The molecule has 5 aromatic heterocycles. The van der Waals surface area contributed by atoms with Crippen LogP contribution in [0.25, 0.3) is 146 Å². The van der Waals surface area contributed by atoms with Crippen molar-refractivity contribution in [1.82, 2.24) is 29.1 Å². The van der Waals surface area contributed by atoms with Crippen molar-refractivity contribution in [3.8, 4) is 45.0 Å². The number of fused-ring (bicyclic) bond motifs is 32. The summed E-state index contributed by atoms with van der Waals surface area (Å²) in [5, 5.41) is 12.5. The number of aromatic nitrogens is 6. The first-order chi connectivity index (χ1) is 40.6. The minimum Gasteiger partial charge on any atom is -0.354 e. The van der Waals surface area contributed by atoms with Gasteiger partial charge < -0.3 is 14.5 Å². The van der Waals surface area contributed by atoms with Crippen LogP contribution in [0.1, 0.15) is 33.6 Å². The maximum absolute atomic E-state index is 5.17. The summed E-state index contributed by atoms with van der Waals surface area (Å²) in [5.74, 6) is -0.543. The van der Waals surface area contributed by atoms with Gasteiger partial charge in [0.1, 0.15) is 0 Å². The van der Waals surface area contributed by atoms with Crippen LogP contribution in [-0.2, 0) is 12.3 Å². The Kier molecular flexibility index (Phi) is 7.99. The molecule has 82 heavy (non-hydrogen) atoms. The Bertz CT molecular complexity index is 5190. The summed E-state index contributed by atoms with van der Waals surface area (Å²) in [5.41, 5.74) is 25.5. The zero-order chi connectivity index (χ0) is 53.1. The lowest BCUT2D eigenvalue weighted by Crippen LogP contribution is -2.59. The molecular formula is C74H44N8+2. The minimum absolute atomic E-state index is 0.543. The second kappa shape index (κ2) is 15.2. The molecule has 2 N–H and O–H groups in total. The molecule has 0 atom stereocenters. The molecule has 0 saturated carbocycles. The summed E-state index contributed by atoms with van der Waals surface area (Å²) in [4.78, 5) is 17.8. The van der Waals surface area contributed by atoms with Gasteiger partial charge >= 0.3 is 5.79 Å². The molecule has 0 radical (unpaired) electrons. The van der Waals surface area contributed by atoms with Gasteiger partial charge in [-0.3, -0.25) is 0 Å². The van der Waals surface area contributed by atoms with Crippen LogP contribution in [0.5, 0.6) is 0 Å². The molecule has 0 aliphatic carbocycles. The quantitative estimate of drug-likeness (QED) is 0.149. The fraction of sp³-hybridized carbons (Fsp3) is 0.0270. The van der Waals surface area contributed by atoms with Gasteiger partial charge in [0.05, 0.1) is 67.1 Å². The Labute approximate surface area is 468 Å². The third kappa shape index (κ3) is 5.37. The number of hydrogen-bond acceptors (Lipinski definition) is 2. The van der Waals surface area contributed by atoms with Gasteiger partial charge in [0.2, 0.25) is 22.8 Å². The zero-order valence-electron chi connectivity index (χ0n) is 44.0. The van der Waals surface area contributed by atoms with E-state index in [1.165, 1.54) is 88.7 Å². The second-order valence-corrected chi connectivity index (χ2v) is 22.6. The summed E-state index contributed by atoms with van der Waals surface area (Å²) in [7, 11) is 0. The van der Waals surface area contributed by atoms with Crippen LogP contribution < -0.4 is 10.7 Å². The monoisotopic (exact) mass is 1040 g/mol. The van der Waals surface area contributed by atoms with E-state index >= 15 is 0 Å². The highest BCUT2D eigenvalue weighted by Crippen LogP contribution is 2.53. The van der Waals surface area contributed by atoms with Crippen molar-refractivity contribution in [2.24, 2.45) is 0 Å². The first-order valence-electron chi connectivity index (χ1n) is 28.3. The molecule has 378 valence electrons. The summed E-state index contributed by atoms with van der Waals surface area (Å²) in [6, 6.07) is 78.7. The number of hydrogen-bond donors (Lipinski definition) is 2. The smallest absolute Gasteiger partial charge is 0.354 e. The van der Waals surface area contributed by atoms with Crippen molar-refractivity contribution in [3.63, 3.8) is 0 Å². The number of benzene rings is 8. The van der Waals surface area contributed by atoms with Crippen molar-refractivity contribution in [2.75, 3.05) is 0 Å². The lowest BCUT2D eigenvalue weighted by molar-refractivity contribution is -0.796. The molecular weight excluding hydrogens is 1000 g/mol. The van der Waals surface area contributed by atoms with Crippen molar-refractivity contribution in [1.29, 1.82) is 0 Å². The standard InChI is InChI=1S/C38H22N4.C36H22N4/c1-2-10-23-22(9-1)30-17-32-24-11-3-5-13-26(24)34-19-36-28-15-7-8-16-29(28)37-20-35-27-14-6-4-12-25(27)33-18-31(23)39(30)21-38(40(32)34,41(33)35)42(36)37;1-2-10-22-21(9-1)29-17-31-23-11-3-4-12-24(23)33(38-31)19-35-27-15-7-8-16-28(27)36(40-35)20-34-26-14-6-5-13-25(26)32(39-34)18-30(22)37-29/h1-20H,21H2;1-20,37,40H/q+2;. The molecule has 8 aliphatic rings. The first-order valence-corrected chi connectivity index (χ1v) is 28.3. The fourth-order valence-corrected chi connectivity index (χ4v) is 15.3. The van der Waals surface area contributed by atoms with Crippen molar-refractivity contribution in [2.45, 2.75) is 12.3 Å². The molecule has 21 rings (SSSR count). The average Bonchev–Trinajstić information content (AvgIpc) is 1.52. The fourth-order valence-electron chi connectivity index (χ4n) is 15.3. The van der Waals surface area contributed by atoms with Gasteiger partial charge in [-0.25, -0.2) is 14.5 Å². The molecule has 0 saturated heterocycles. The highest BCUT2D eigenvalue weighted by Gasteiger charge is 2.69. The van der Waals surface area contributed by atoms with Gasteiger partial charge in [-0.1, -0.05) is 170 Å².